The van der Waals surface area contributed by atoms with E-state index in [1.165, 1.54) is 5.56 Å². The van der Waals surface area contributed by atoms with Gasteiger partial charge >= 0.3 is 0 Å². The van der Waals surface area contributed by atoms with Crippen molar-refractivity contribution >= 4 is 10.8 Å². The minimum Gasteiger partial charge on any atom is -0.318 e. The van der Waals surface area contributed by atoms with Gasteiger partial charge in [0.25, 0.3) is 5.56 Å². The molecule has 0 aliphatic heterocycles. The fraction of sp³-hybridized carbons (Fsp3) is 0.308. The summed E-state index contributed by atoms with van der Waals surface area (Å²) in [7, 11) is 1.78. The number of benzene rings is 1. The summed E-state index contributed by atoms with van der Waals surface area (Å²) in [6, 6.07) is 7.96. The Bertz CT molecular complexity index is 552. The lowest BCUT2D eigenvalue weighted by atomic mass is 9.97. The van der Waals surface area contributed by atoms with Gasteiger partial charge in [0.05, 0.1) is 0 Å². The minimum atomic E-state index is 0.0787. The molecule has 0 spiro atoms. The molecule has 0 fully saturated rings. The smallest absolute Gasteiger partial charge is 0.258 e. The molecule has 2 heteroatoms. The molecule has 15 heavy (non-hydrogen) atoms. The van der Waals surface area contributed by atoms with Gasteiger partial charge in [0, 0.05) is 18.6 Å². The Morgan fingerprint density at radius 3 is 2.53 bits per heavy atom. The highest BCUT2D eigenvalue weighted by Gasteiger charge is 2.06. The van der Waals surface area contributed by atoms with Gasteiger partial charge in [-0.25, -0.2) is 0 Å². The Labute approximate surface area is 89.2 Å². The molecule has 0 saturated carbocycles. The first kappa shape index (κ1) is 9.97. The molecule has 2 rings (SSSR count). The average molecular weight is 201 g/mol. The van der Waals surface area contributed by atoms with Gasteiger partial charge in [-0.05, 0) is 29.0 Å². The fourth-order valence-corrected chi connectivity index (χ4v) is 1.90. The summed E-state index contributed by atoms with van der Waals surface area (Å²) in [5.74, 6) is 0.445. The molecule has 0 aliphatic rings. The lowest BCUT2D eigenvalue weighted by molar-refractivity contribution is 0.861. The number of aryl methyl sites for hydroxylation is 1. The number of fused-ring (bicyclic) bond motifs is 1. The molecule has 0 aliphatic carbocycles. The molecular formula is C13H15NO. The molecular weight excluding hydrogens is 186 g/mol. The maximum Gasteiger partial charge on any atom is 0.258 e. The van der Waals surface area contributed by atoms with Crippen LogP contribution in [0.15, 0.2) is 35.3 Å². The van der Waals surface area contributed by atoms with E-state index in [2.05, 4.69) is 19.9 Å². The first-order chi connectivity index (χ1) is 7.11. The Morgan fingerprint density at radius 2 is 1.87 bits per heavy atom. The highest BCUT2D eigenvalue weighted by molar-refractivity contribution is 5.85. The van der Waals surface area contributed by atoms with Crippen molar-refractivity contribution in [1.29, 1.82) is 0 Å². The van der Waals surface area contributed by atoms with Crippen LogP contribution in [0.1, 0.15) is 25.3 Å². The van der Waals surface area contributed by atoms with Gasteiger partial charge in [-0.3, -0.25) is 4.79 Å². The summed E-state index contributed by atoms with van der Waals surface area (Å²) in [4.78, 5) is 11.9. The normalized spacial score (nSPS) is 11.2. The number of hydrogen-bond donors (Lipinski definition) is 0. The van der Waals surface area contributed by atoms with Crippen LogP contribution in [0.5, 0.6) is 0 Å². The number of aromatic nitrogens is 1. The van der Waals surface area contributed by atoms with Crippen LogP contribution in [0, 0.1) is 0 Å². The summed E-state index contributed by atoms with van der Waals surface area (Å²) in [6.45, 7) is 4.29. The second kappa shape index (κ2) is 3.54. The summed E-state index contributed by atoms with van der Waals surface area (Å²) >= 11 is 0. The summed E-state index contributed by atoms with van der Waals surface area (Å²) in [5, 5.41) is 1.89. The molecule has 0 saturated heterocycles. The monoisotopic (exact) mass is 201 g/mol. The van der Waals surface area contributed by atoms with Gasteiger partial charge in [-0.1, -0.05) is 26.0 Å². The first-order valence-electron chi connectivity index (χ1n) is 5.19. The Morgan fingerprint density at radius 1 is 1.13 bits per heavy atom. The van der Waals surface area contributed by atoms with Crippen LogP contribution >= 0.6 is 0 Å². The van der Waals surface area contributed by atoms with Gasteiger partial charge in [0.1, 0.15) is 0 Å². The van der Waals surface area contributed by atoms with Crippen molar-refractivity contribution in [3.63, 3.8) is 0 Å². The highest BCUT2D eigenvalue weighted by Crippen LogP contribution is 2.22. The predicted octanol–water partition coefficient (Wildman–Crippen LogP) is 2.66. The van der Waals surface area contributed by atoms with Crippen molar-refractivity contribution in [1.82, 2.24) is 4.57 Å². The molecule has 1 aromatic heterocycles. The van der Waals surface area contributed by atoms with Crippen molar-refractivity contribution < 1.29 is 0 Å². The van der Waals surface area contributed by atoms with Gasteiger partial charge in [0.2, 0.25) is 0 Å². The van der Waals surface area contributed by atoms with Crippen LogP contribution in [-0.2, 0) is 7.05 Å². The highest BCUT2D eigenvalue weighted by atomic mass is 16.1. The van der Waals surface area contributed by atoms with Crippen LogP contribution in [0.4, 0.5) is 0 Å². The maximum atomic E-state index is 11.9. The Kier molecular flexibility index (Phi) is 2.35. The van der Waals surface area contributed by atoms with E-state index in [0.29, 0.717) is 5.92 Å². The van der Waals surface area contributed by atoms with Crippen molar-refractivity contribution in [3.8, 4) is 0 Å². The van der Waals surface area contributed by atoms with Gasteiger partial charge in [-0.2, -0.15) is 0 Å². The number of nitrogens with zero attached hydrogens (tertiary/aromatic N) is 1. The molecule has 2 nitrogen and oxygen atoms in total. The zero-order valence-corrected chi connectivity index (χ0v) is 9.32. The van der Waals surface area contributed by atoms with E-state index >= 15 is 0 Å². The average Bonchev–Trinajstić information content (AvgIpc) is 2.23. The van der Waals surface area contributed by atoms with Gasteiger partial charge < -0.3 is 4.57 Å². The molecule has 0 atom stereocenters. The second-order valence-corrected chi connectivity index (χ2v) is 4.19. The van der Waals surface area contributed by atoms with Crippen LogP contribution in [0.3, 0.4) is 0 Å². The molecule has 0 unspecified atom stereocenters. The van der Waals surface area contributed by atoms with Crippen molar-refractivity contribution in [2.45, 2.75) is 19.8 Å². The molecule has 0 N–H and O–H groups in total. The van der Waals surface area contributed by atoms with Crippen LogP contribution in [-0.4, -0.2) is 4.57 Å². The molecule has 1 aromatic carbocycles. The van der Waals surface area contributed by atoms with E-state index in [0.717, 1.165) is 10.8 Å². The number of rotatable bonds is 1. The largest absolute Gasteiger partial charge is 0.318 e. The molecule has 1 heterocycles. The van der Waals surface area contributed by atoms with E-state index < -0.39 is 0 Å². The summed E-state index contributed by atoms with van der Waals surface area (Å²) in [5.41, 5.74) is 1.32. The van der Waals surface area contributed by atoms with Crippen LogP contribution in [0.2, 0.25) is 0 Å². The zero-order valence-electron chi connectivity index (χ0n) is 9.32. The molecule has 0 amide bonds. The molecule has 0 bridgehead atoms. The number of pyridine rings is 1. The molecule has 2 aromatic rings. The van der Waals surface area contributed by atoms with Crippen molar-refractivity contribution in [3.05, 3.63) is 46.4 Å². The quantitative estimate of drug-likeness (QED) is 0.695. The second-order valence-electron chi connectivity index (χ2n) is 4.19. The Hall–Kier alpha value is -1.57. The van der Waals surface area contributed by atoms with Crippen LogP contribution in [0.25, 0.3) is 10.8 Å². The lowest BCUT2D eigenvalue weighted by Gasteiger charge is -2.10. The van der Waals surface area contributed by atoms with Gasteiger partial charge in [-0.15, -0.1) is 0 Å². The summed E-state index contributed by atoms with van der Waals surface area (Å²) < 4.78 is 1.62. The van der Waals surface area contributed by atoms with E-state index in [9.17, 15) is 4.79 Å². The first-order valence-corrected chi connectivity index (χ1v) is 5.19. The van der Waals surface area contributed by atoms with E-state index in [1.54, 1.807) is 11.6 Å². The topological polar surface area (TPSA) is 22.0 Å². The van der Waals surface area contributed by atoms with Crippen molar-refractivity contribution in [2.24, 2.45) is 7.05 Å². The summed E-state index contributed by atoms with van der Waals surface area (Å²) in [6.07, 6.45) is 1.83. The predicted molar refractivity (Wildman–Crippen MR) is 63.3 cm³/mol. The van der Waals surface area contributed by atoms with Crippen LogP contribution < -0.4 is 5.56 Å². The van der Waals surface area contributed by atoms with E-state index in [1.807, 2.05) is 24.4 Å². The molecule has 78 valence electrons. The minimum absolute atomic E-state index is 0.0787. The number of hydrogen-bond acceptors (Lipinski definition) is 1. The van der Waals surface area contributed by atoms with Gasteiger partial charge in [0.15, 0.2) is 0 Å². The Balaban J connectivity index is 2.90. The van der Waals surface area contributed by atoms with E-state index in [4.69, 9.17) is 0 Å². The fourth-order valence-electron chi connectivity index (χ4n) is 1.90. The lowest BCUT2D eigenvalue weighted by Crippen LogP contribution is -2.15. The zero-order chi connectivity index (χ0) is 11.0. The third kappa shape index (κ3) is 1.56. The standard InChI is InChI=1S/C13H15NO/c1-9(2)10-5-4-6-12-11(10)7-8-14(3)13(12)15/h4-9H,1-3H3. The maximum absolute atomic E-state index is 11.9. The molecule has 0 radical (unpaired) electrons. The third-order valence-electron chi connectivity index (χ3n) is 2.78. The van der Waals surface area contributed by atoms with E-state index in [-0.39, 0.29) is 5.56 Å². The third-order valence-corrected chi connectivity index (χ3v) is 2.78. The van der Waals surface area contributed by atoms with Crippen molar-refractivity contribution in [2.75, 3.05) is 0 Å². The SMILES string of the molecule is CC(C)c1cccc2c(=O)n(C)ccc12.